The quantitative estimate of drug-likeness (QED) is 0.191. The van der Waals surface area contributed by atoms with Crippen LogP contribution < -0.4 is 0 Å². The molecule has 7 aromatic carbocycles. The lowest BCUT2D eigenvalue weighted by atomic mass is 9.90. The number of benzene rings is 7. The smallest absolute Gasteiger partial charge is 0.160 e. The Morgan fingerprint density at radius 1 is 0.400 bits per heavy atom. The summed E-state index contributed by atoms with van der Waals surface area (Å²) in [7, 11) is 0. The maximum Gasteiger partial charge on any atom is 0.160 e. The number of hydrogen-bond acceptors (Lipinski definition) is 3. The van der Waals surface area contributed by atoms with Crippen LogP contribution in [0.5, 0.6) is 0 Å². The second kappa shape index (κ2) is 10.5. The summed E-state index contributed by atoms with van der Waals surface area (Å²) < 4.78 is 2.56. The number of aromatic nitrogens is 2. The van der Waals surface area contributed by atoms with Gasteiger partial charge < -0.3 is 0 Å². The Morgan fingerprint density at radius 3 is 1.87 bits per heavy atom. The van der Waals surface area contributed by atoms with Crippen LogP contribution in [0.15, 0.2) is 158 Å². The fourth-order valence-corrected chi connectivity index (χ4v) is 7.66. The number of rotatable bonds is 4. The van der Waals surface area contributed by atoms with Crippen LogP contribution in [0.4, 0.5) is 0 Å². The summed E-state index contributed by atoms with van der Waals surface area (Å²) in [5.41, 5.74) is 7.37. The van der Waals surface area contributed by atoms with E-state index in [0.29, 0.717) is 0 Å². The second-order valence-electron chi connectivity index (χ2n) is 11.4. The van der Waals surface area contributed by atoms with Crippen LogP contribution in [0.1, 0.15) is 0 Å². The molecule has 2 heterocycles. The van der Waals surface area contributed by atoms with Gasteiger partial charge in [-0.1, -0.05) is 133 Å². The molecule has 210 valence electrons. The third-order valence-corrected chi connectivity index (χ3v) is 9.82. The van der Waals surface area contributed by atoms with E-state index >= 15 is 0 Å². The predicted octanol–water partition coefficient (Wildman–Crippen LogP) is 11.8. The minimum absolute atomic E-state index is 0.720. The van der Waals surface area contributed by atoms with Crippen LogP contribution in [0.25, 0.3) is 86.7 Å². The van der Waals surface area contributed by atoms with Crippen LogP contribution in [0.3, 0.4) is 0 Å². The molecular formula is C42H26N2S. The highest BCUT2D eigenvalue weighted by Gasteiger charge is 2.20. The average Bonchev–Trinajstić information content (AvgIpc) is 3.50. The molecule has 0 radical (unpaired) electrons. The summed E-state index contributed by atoms with van der Waals surface area (Å²) in [6.07, 6.45) is 0. The number of thiophene rings is 1. The summed E-state index contributed by atoms with van der Waals surface area (Å²) in [5, 5.41) is 7.55. The van der Waals surface area contributed by atoms with Crippen molar-refractivity contribution in [2.45, 2.75) is 0 Å². The van der Waals surface area contributed by atoms with Crippen molar-refractivity contribution in [1.29, 1.82) is 0 Å². The molecule has 0 unspecified atom stereocenters. The lowest BCUT2D eigenvalue weighted by Crippen LogP contribution is -1.97. The van der Waals surface area contributed by atoms with Crippen LogP contribution in [-0.4, -0.2) is 9.97 Å². The third-order valence-electron chi connectivity index (χ3n) is 8.68. The van der Waals surface area contributed by atoms with Gasteiger partial charge in [0.05, 0.1) is 11.4 Å². The van der Waals surface area contributed by atoms with Gasteiger partial charge in [0.2, 0.25) is 0 Å². The third kappa shape index (κ3) is 4.40. The van der Waals surface area contributed by atoms with Gasteiger partial charge >= 0.3 is 0 Å². The highest BCUT2D eigenvalue weighted by Crippen LogP contribution is 2.46. The monoisotopic (exact) mass is 590 g/mol. The van der Waals surface area contributed by atoms with Crippen molar-refractivity contribution in [3.05, 3.63) is 158 Å². The molecule has 9 aromatic rings. The maximum atomic E-state index is 5.26. The summed E-state index contributed by atoms with van der Waals surface area (Å²) in [5.74, 6) is 0.720. The van der Waals surface area contributed by atoms with E-state index in [4.69, 9.17) is 9.97 Å². The Kier molecular flexibility index (Phi) is 6.03. The Hall–Kier alpha value is -5.64. The minimum Gasteiger partial charge on any atom is -0.228 e. The van der Waals surface area contributed by atoms with E-state index < -0.39 is 0 Å². The molecule has 2 aromatic heterocycles. The minimum atomic E-state index is 0.720. The van der Waals surface area contributed by atoms with Crippen LogP contribution in [0.2, 0.25) is 0 Å². The molecule has 0 amide bonds. The first kappa shape index (κ1) is 25.8. The summed E-state index contributed by atoms with van der Waals surface area (Å²) in [4.78, 5) is 10.3. The summed E-state index contributed by atoms with van der Waals surface area (Å²) in [6.45, 7) is 0. The fraction of sp³-hybridized carbons (Fsp3) is 0. The zero-order valence-electron chi connectivity index (χ0n) is 24.3. The predicted molar refractivity (Wildman–Crippen MR) is 192 cm³/mol. The Morgan fingerprint density at radius 2 is 1.04 bits per heavy atom. The highest BCUT2D eigenvalue weighted by atomic mass is 32.1. The van der Waals surface area contributed by atoms with E-state index in [1.807, 2.05) is 35.6 Å². The van der Waals surface area contributed by atoms with Gasteiger partial charge in [0.15, 0.2) is 5.82 Å². The molecule has 45 heavy (non-hydrogen) atoms. The molecule has 9 rings (SSSR count). The standard InChI is InChI=1S/C42H26N2S/c1-3-12-29(13-4-1)36-26-37(44-42(43-36)30-14-5-2-6-15-30)33-23-24-39-41(34-17-9-10-18-38(34)45-39)40(33)31-22-21-28-20-19-27-11-7-8-16-32(27)35(28)25-31/h1-26H. The SMILES string of the molecule is c1ccc(-c2cc(-c3ccc4sc5ccccc5c4c3-c3ccc4ccc5ccccc5c4c3)nc(-c3ccccc3)n2)cc1. The van der Waals surface area contributed by atoms with Gasteiger partial charge in [-0.15, -0.1) is 11.3 Å². The van der Waals surface area contributed by atoms with E-state index in [1.54, 1.807) is 0 Å². The van der Waals surface area contributed by atoms with Gasteiger partial charge in [0, 0.05) is 42.4 Å². The van der Waals surface area contributed by atoms with Gasteiger partial charge in [-0.05, 0) is 51.4 Å². The summed E-state index contributed by atoms with van der Waals surface area (Å²) in [6, 6.07) is 56.1. The molecule has 0 bridgehead atoms. The van der Waals surface area contributed by atoms with Gasteiger partial charge in [0.1, 0.15) is 0 Å². The largest absolute Gasteiger partial charge is 0.228 e. The molecule has 0 aliphatic heterocycles. The number of fused-ring (bicyclic) bond motifs is 6. The molecule has 0 saturated carbocycles. The Balaban J connectivity index is 1.38. The fourth-order valence-electron chi connectivity index (χ4n) is 6.55. The lowest BCUT2D eigenvalue weighted by molar-refractivity contribution is 1.18. The number of hydrogen-bond donors (Lipinski definition) is 0. The Labute approximate surface area is 264 Å². The van der Waals surface area contributed by atoms with Crippen molar-refractivity contribution in [3.8, 4) is 45.0 Å². The molecule has 0 fully saturated rings. The van der Waals surface area contributed by atoms with Crippen LogP contribution in [-0.2, 0) is 0 Å². The van der Waals surface area contributed by atoms with Gasteiger partial charge in [-0.25, -0.2) is 9.97 Å². The molecule has 0 saturated heterocycles. The highest BCUT2D eigenvalue weighted by molar-refractivity contribution is 7.26. The molecule has 0 aliphatic rings. The van der Waals surface area contributed by atoms with Crippen LogP contribution >= 0.6 is 11.3 Å². The molecule has 0 N–H and O–H groups in total. The van der Waals surface area contributed by atoms with E-state index in [0.717, 1.165) is 33.9 Å². The lowest BCUT2D eigenvalue weighted by Gasteiger charge is -2.16. The van der Waals surface area contributed by atoms with Crippen molar-refractivity contribution in [1.82, 2.24) is 9.97 Å². The topological polar surface area (TPSA) is 25.8 Å². The van der Waals surface area contributed by atoms with Crippen molar-refractivity contribution >= 4 is 53.1 Å². The average molecular weight is 591 g/mol. The molecular weight excluding hydrogens is 565 g/mol. The first-order chi connectivity index (χ1) is 22.3. The van der Waals surface area contributed by atoms with Gasteiger partial charge in [-0.2, -0.15) is 0 Å². The van der Waals surface area contributed by atoms with E-state index in [1.165, 1.54) is 52.8 Å². The first-order valence-electron chi connectivity index (χ1n) is 15.2. The zero-order chi connectivity index (χ0) is 29.7. The van der Waals surface area contributed by atoms with Gasteiger partial charge in [-0.3, -0.25) is 0 Å². The van der Waals surface area contributed by atoms with Crippen molar-refractivity contribution in [2.75, 3.05) is 0 Å². The van der Waals surface area contributed by atoms with Crippen molar-refractivity contribution in [3.63, 3.8) is 0 Å². The molecule has 3 heteroatoms. The molecule has 0 atom stereocenters. The van der Waals surface area contributed by atoms with Crippen LogP contribution in [0, 0.1) is 0 Å². The molecule has 0 aliphatic carbocycles. The first-order valence-corrected chi connectivity index (χ1v) is 16.0. The number of nitrogens with zero attached hydrogens (tertiary/aromatic N) is 2. The van der Waals surface area contributed by atoms with Gasteiger partial charge in [0.25, 0.3) is 0 Å². The second-order valence-corrected chi connectivity index (χ2v) is 12.5. The van der Waals surface area contributed by atoms with Crippen molar-refractivity contribution in [2.24, 2.45) is 0 Å². The molecule has 2 nitrogen and oxygen atoms in total. The van der Waals surface area contributed by atoms with E-state index in [9.17, 15) is 0 Å². The van der Waals surface area contributed by atoms with E-state index in [2.05, 4.69) is 133 Å². The van der Waals surface area contributed by atoms with Crippen molar-refractivity contribution < 1.29 is 0 Å². The zero-order valence-corrected chi connectivity index (χ0v) is 25.1. The maximum absolute atomic E-state index is 5.26. The summed E-state index contributed by atoms with van der Waals surface area (Å²) >= 11 is 1.85. The normalized spacial score (nSPS) is 11.6. The Bertz CT molecular complexity index is 2470. The molecule has 0 spiro atoms. The van der Waals surface area contributed by atoms with E-state index in [-0.39, 0.29) is 0 Å².